The Labute approximate surface area is 158 Å². The third-order valence-corrected chi connectivity index (χ3v) is 3.75. The Morgan fingerprint density at radius 2 is 1.75 bits per heavy atom. The lowest BCUT2D eigenvalue weighted by Gasteiger charge is -2.06. The van der Waals surface area contributed by atoms with Crippen LogP contribution < -0.4 is 4.74 Å². The Kier molecular flexibility index (Phi) is 5.78. The topological polar surface area (TPSA) is 78.6 Å². The fourth-order valence-corrected chi connectivity index (χ4v) is 2.40. The van der Waals surface area contributed by atoms with E-state index in [1.807, 2.05) is 18.2 Å². The summed E-state index contributed by atoms with van der Waals surface area (Å²) in [6.07, 6.45) is 0. The first-order chi connectivity index (χ1) is 13.4. The van der Waals surface area contributed by atoms with Crippen LogP contribution in [0.4, 0.5) is 8.78 Å². The highest BCUT2D eigenvalue weighted by atomic mass is 19.3. The van der Waals surface area contributed by atoms with Gasteiger partial charge in [0.25, 0.3) is 0 Å². The predicted octanol–water partition coefficient (Wildman–Crippen LogP) is 4.29. The van der Waals surface area contributed by atoms with Crippen LogP contribution in [-0.2, 0) is 4.74 Å². The lowest BCUT2D eigenvalue weighted by molar-refractivity contribution is -0.0498. The molecule has 28 heavy (non-hydrogen) atoms. The number of carbonyl (C=O) groups is 2. The summed E-state index contributed by atoms with van der Waals surface area (Å²) in [4.78, 5) is 28.5. The molecule has 2 aromatic carbocycles. The number of alkyl halides is 2. The molecule has 0 aliphatic heterocycles. The smallest absolute Gasteiger partial charge is 0.387 e. The van der Waals surface area contributed by atoms with Crippen molar-refractivity contribution >= 4 is 11.8 Å². The molecule has 0 amide bonds. The molecule has 144 valence electrons. The fraction of sp³-hybridized carbons (Fsp3) is 0.150. The minimum atomic E-state index is -2.95. The van der Waals surface area contributed by atoms with Crippen LogP contribution in [0.25, 0.3) is 11.5 Å². The van der Waals surface area contributed by atoms with Gasteiger partial charge in [-0.25, -0.2) is 9.78 Å². The van der Waals surface area contributed by atoms with E-state index < -0.39 is 25.0 Å². The lowest BCUT2D eigenvalue weighted by atomic mass is 10.1. The molecule has 0 spiro atoms. The molecule has 3 rings (SSSR count). The van der Waals surface area contributed by atoms with E-state index in [0.717, 1.165) is 0 Å². The molecule has 1 aromatic heterocycles. The number of hydrogen-bond acceptors (Lipinski definition) is 6. The van der Waals surface area contributed by atoms with Crippen molar-refractivity contribution in [1.82, 2.24) is 4.98 Å². The molecule has 6 nitrogen and oxygen atoms in total. The van der Waals surface area contributed by atoms with Crippen molar-refractivity contribution in [3.63, 3.8) is 0 Å². The number of hydrogen-bond donors (Lipinski definition) is 0. The van der Waals surface area contributed by atoms with Crippen molar-refractivity contribution in [3.8, 4) is 17.2 Å². The van der Waals surface area contributed by atoms with Crippen LogP contribution >= 0.6 is 0 Å². The number of oxazole rings is 1. The molecule has 0 fully saturated rings. The van der Waals surface area contributed by atoms with E-state index in [0.29, 0.717) is 5.56 Å². The van der Waals surface area contributed by atoms with Crippen molar-refractivity contribution in [2.75, 3.05) is 6.61 Å². The van der Waals surface area contributed by atoms with Crippen LogP contribution in [0.2, 0.25) is 0 Å². The molecule has 0 bridgehead atoms. The first kappa shape index (κ1) is 19.2. The summed E-state index contributed by atoms with van der Waals surface area (Å²) in [5.41, 5.74) is 0.871. The van der Waals surface area contributed by atoms with E-state index in [1.165, 1.54) is 24.3 Å². The van der Waals surface area contributed by atoms with Gasteiger partial charge in [-0.15, -0.1) is 0 Å². The SMILES string of the molecule is Cc1oc(-c2ccccc2)nc1C(=O)OCC(=O)c1ccc(OC(F)F)cc1. The van der Waals surface area contributed by atoms with Gasteiger partial charge in [0.1, 0.15) is 11.5 Å². The van der Waals surface area contributed by atoms with E-state index in [9.17, 15) is 18.4 Å². The normalized spacial score (nSPS) is 10.7. The molecule has 0 atom stereocenters. The molecule has 0 N–H and O–H groups in total. The van der Waals surface area contributed by atoms with Gasteiger partial charge in [-0.1, -0.05) is 18.2 Å². The highest BCUT2D eigenvalue weighted by Crippen LogP contribution is 2.22. The average Bonchev–Trinajstić information content (AvgIpc) is 3.08. The van der Waals surface area contributed by atoms with Crippen LogP contribution in [0.15, 0.2) is 59.0 Å². The molecule has 0 radical (unpaired) electrons. The second-order valence-electron chi connectivity index (χ2n) is 5.69. The summed E-state index contributed by atoms with van der Waals surface area (Å²) in [5.74, 6) is -0.832. The molecule has 3 aromatic rings. The van der Waals surface area contributed by atoms with Gasteiger partial charge in [-0.2, -0.15) is 8.78 Å². The maximum Gasteiger partial charge on any atom is 0.387 e. The summed E-state index contributed by atoms with van der Waals surface area (Å²) in [5, 5.41) is 0. The molecule has 0 saturated carbocycles. The van der Waals surface area contributed by atoms with Gasteiger partial charge in [-0.3, -0.25) is 4.79 Å². The van der Waals surface area contributed by atoms with Crippen molar-refractivity contribution < 1.29 is 32.3 Å². The number of esters is 1. The number of aryl methyl sites for hydroxylation is 1. The van der Waals surface area contributed by atoms with Crippen LogP contribution in [0.3, 0.4) is 0 Å². The molecule has 1 heterocycles. The minimum Gasteiger partial charge on any atom is -0.452 e. The number of rotatable bonds is 7. The van der Waals surface area contributed by atoms with Crippen LogP contribution in [-0.4, -0.2) is 30.0 Å². The molecule has 8 heteroatoms. The Bertz CT molecular complexity index is 968. The number of aromatic nitrogens is 1. The first-order valence-corrected chi connectivity index (χ1v) is 8.22. The van der Waals surface area contributed by atoms with Crippen molar-refractivity contribution in [1.29, 1.82) is 0 Å². The van der Waals surface area contributed by atoms with Crippen molar-refractivity contribution in [3.05, 3.63) is 71.6 Å². The number of nitrogens with zero attached hydrogens (tertiary/aromatic N) is 1. The second-order valence-corrected chi connectivity index (χ2v) is 5.69. The van der Waals surface area contributed by atoms with Gasteiger partial charge in [0.05, 0.1) is 0 Å². The Morgan fingerprint density at radius 3 is 2.39 bits per heavy atom. The summed E-state index contributed by atoms with van der Waals surface area (Å²) >= 11 is 0. The monoisotopic (exact) mass is 387 g/mol. The van der Waals surface area contributed by atoms with E-state index in [1.54, 1.807) is 19.1 Å². The molecular formula is C20H15F2NO5. The van der Waals surface area contributed by atoms with E-state index in [4.69, 9.17) is 9.15 Å². The fourth-order valence-electron chi connectivity index (χ4n) is 2.40. The number of halogens is 2. The zero-order valence-electron chi connectivity index (χ0n) is 14.7. The summed E-state index contributed by atoms with van der Waals surface area (Å²) < 4.78 is 39.0. The van der Waals surface area contributed by atoms with E-state index >= 15 is 0 Å². The Hall–Kier alpha value is -3.55. The van der Waals surface area contributed by atoms with Crippen LogP contribution in [0, 0.1) is 6.92 Å². The number of ether oxygens (including phenoxy) is 2. The number of ketones is 1. The molecule has 0 unspecified atom stereocenters. The number of carbonyl (C=O) groups excluding carboxylic acids is 2. The average molecular weight is 387 g/mol. The van der Waals surface area contributed by atoms with Gasteiger partial charge in [0.15, 0.2) is 18.1 Å². The summed E-state index contributed by atoms with van der Waals surface area (Å²) in [6, 6.07) is 14.1. The van der Waals surface area contributed by atoms with Crippen molar-refractivity contribution in [2.45, 2.75) is 13.5 Å². The molecule has 0 aliphatic rings. The third-order valence-electron chi connectivity index (χ3n) is 3.75. The van der Waals surface area contributed by atoms with E-state index in [2.05, 4.69) is 9.72 Å². The Balaban J connectivity index is 1.62. The van der Waals surface area contributed by atoms with Crippen LogP contribution in [0.5, 0.6) is 5.75 Å². The Morgan fingerprint density at radius 1 is 1.07 bits per heavy atom. The highest BCUT2D eigenvalue weighted by molar-refractivity contribution is 5.99. The van der Waals surface area contributed by atoms with Crippen molar-refractivity contribution in [2.24, 2.45) is 0 Å². The maximum atomic E-state index is 12.2. The first-order valence-electron chi connectivity index (χ1n) is 8.22. The van der Waals surface area contributed by atoms with E-state index in [-0.39, 0.29) is 28.7 Å². The standard InChI is InChI=1S/C20H15F2NO5/c1-12-17(23-18(27-12)14-5-3-2-4-6-14)19(25)26-11-16(24)13-7-9-15(10-8-13)28-20(21)22/h2-10,20H,11H2,1H3. The van der Waals surface area contributed by atoms with Gasteiger partial charge < -0.3 is 13.9 Å². The minimum absolute atomic E-state index is 0.0210. The number of benzene rings is 2. The molecule has 0 aliphatic carbocycles. The summed E-state index contributed by atoms with van der Waals surface area (Å²) in [6.45, 7) is -1.91. The van der Waals surface area contributed by atoms with Crippen LogP contribution in [0.1, 0.15) is 26.6 Å². The molecular weight excluding hydrogens is 372 g/mol. The molecule has 0 saturated heterocycles. The highest BCUT2D eigenvalue weighted by Gasteiger charge is 2.20. The van der Waals surface area contributed by atoms with Gasteiger partial charge in [-0.05, 0) is 43.3 Å². The van der Waals surface area contributed by atoms with Gasteiger partial charge in [0, 0.05) is 11.1 Å². The number of Topliss-reactive ketones (excluding diaryl/α,β-unsaturated/α-hetero) is 1. The summed E-state index contributed by atoms with van der Waals surface area (Å²) in [7, 11) is 0. The van der Waals surface area contributed by atoms with Gasteiger partial charge >= 0.3 is 12.6 Å². The predicted molar refractivity (Wildman–Crippen MR) is 94.4 cm³/mol. The third kappa shape index (κ3) is 4.59. The zero-order chi connectivity index (χ0) is 20.1. The largest absolute Gasteiger partial charge is 0.452 e. The quantitative estimate of drug-likeness (QED) is 0.445. The lowest BCUT2D eigenvalue weighted by Crippen LogP contribution is -2.15. The van der Waals surface area contributed by atoms with Gasteiger partial charge in [0.2, 0.25) is 5.89 Å². The maximum absolute atomic E-state index is 12.2. The zero-order valence-corrected chi connectivity index (χ0v) is 14.7. The second kappa shape index (κ2) is 8.43.